The van der Waals surface area contributed by atoms with Crippen molar-refractivity contribution in [3.8, 4) is 0 Å². The number of nitrogens with zero attached hydrogens (tertiary/aromatic N) is 5. The molecule has 0 unspecified atom stereocenters. The molecule has 0 fully saturated rings. The van der Waals surface area contributed by atoms with Crippen molar-refractivity contribution in [2.75, 3.05) is 11.4 Å². The summed E-state index contributed by atoms with van der Waals surface area (Å²) in [6, 6.07) is 10.2. The SMILES string of the molecule is ClCc1cc(N2CCn3cnnc3C2)nc2ccccc12. The predicted octanol–water partition coefficient (Wildman–Crippen LogP) is 2.59. The molecule has 3 aromatic rings. The largest absolute Gasteiger partial charge is 0.347 e. The lowest BCUT2D eigenvalue weighted by Gasteiger charge is -2.28. The fourth-order valence-corrected chi connectivity index (χ4v) is 2.99. The second-order valence-electron chi connectivity index (χ2n) is 5.15. The number of halogens is 1. The van der Waals surface area contributed by atoms with Crippen LogP contribution in [0.4, 0.5) is 5.82 Å². The molecule has 106 valence electrons. The molecule has 0 saturated carbocycles. The van der Waals surface area contributed by atoms with Gasteiger partial charge in [0.1, 0.15) is 12.1 Å². The van der Waals surface area contributed by atoms with Gasteiger partial charge < -0.3 is 9.47 Å². The van der Waals surface area contributed by atoms with Crippen molar-refractivity contribution in [2.45, 2.75) is 19.0 Å². The number of anilines is 1. The van der Waals surface area contributed by atoms with E-state index in [2.05, 4.69) is 31.8 Å². The summed E-state index contributed by atoms with van der Waals surface area (Å²) < 4.78 is 2.08. The van der Waals surface area contributed by atoms with Crippen molar-refractivity contribution < 1.29 is 0 Å². The summed E-state index contributed by atoms with van der Waals surface area (Å²) in [4.78, 5) is 7.00. The third-order valence-corrected chi connectivity index (χ3v) is 4.18. The molecule has 4 rings (SSSR count). The third kappa shape index (κ3) is 2.14. The van der Waals surface area contributed by atoms with Gasteiger partial charge in [0.2, 0.25) is 0 Å². The van der Waals surface area contributed by atoms with Gasteiger partial charge in [-0.2, -0.15) is 0 Å². The van der Waals surface area contributed by atoms with Crippen molar-refractivity contribution in [1.29, 1.82) is 0 Å². The summed E-state index contributed by atoms with van der Waals surface area (Å²) in [7, 11) is 0. The number of hydrogen-bond donors (Lipinski definition) is 0. The number of alkyl halides is 1. The number of fused-ring (bicyclic) bond motifs is 2. The first-order valence-corrected chi connectivity index (χ1v) is 7.45. The van der Waals surface area contributed by atoms with Crippen LogP contribution in [-0.2, 0) is 19.0 Å². The van der Waals surface area contributed by atoms with Crippen LogP contribution in [0, 0.1) is 0 Å². The summed E-state index contributed by atoms with van der Waals surface area (Å²) >= 11 is 6.11. The van der Waals surface area contributed by atoms with Crippen molar-refractivity contribution in [2.24, 2.45) is 0 Å². The van der Waals surface area contributed by atoms with Crippen LogP contribution in [0.15, 0.2) is 36.7 Å². The van der Waals surface area contributed by atoms with Gasteiger partial charge in [-0.05, 0) is 17.7 Å². The highest BCUT2D eigenvalue weighted by Gasteiger charge is 2.19. The average molecular weight is 300 g/mol. The molecule has 6 heteroatoms. The van der Waals surface area contributed by atoms with E-state index in [0.717, 1.165) is 47.7 Å². The molecule has 0 bridgehead atoms. The molecule has 2 aromatic heterocycles. The monoisotopic (exact) mass is 299 g/mol. The molecule has 0 radical (unpaired) electrons. The number of benzene rings is 1. The van der Waals surface area contributed by atoms with E-state index in [9.17, 15) is 0 Å². The fourth-order valence-electron chi connectivity index (χ4n) is 2.77. The van der Waals surface area contributed by atoms with Gasteiger partial charge in [-0.1, -0.05) is 18.2 Å². The highest BCUT2D eigenvalue weighted by Crippen LogP contribution is 2.26. The first-order chi connectivity index (χ1) is 10.3. The van der Waals surface area contributed by atoms with E-state index in [4.69, 9.17) is 16.6 Å². The minimum Gasteiger partial charge on any atom is -0.347 e. The van der Waals surface area contributed by atoms with Crippen molar-refractivity contribution in [1.82, 2.24) is 19.7 Å². The first-order valence-electron chi connectivity index (χ1n) is 6.91. The van der Waals surface area contributed by atoms with Crippen LogP contribution in [0.5, 0.6) is 0 Å². The molecular weight excluding hydrogens is 286 g/mol. The third-order valence-electron chi connectivity index (χ3n) is 3.90. The van der Waals surface area contributed by atoms with Gasteiger partial charge in [0.15, 0.2) is 5.82 Å². The Bertz CT molecular complexity index is 798. The lowest BCUT2D eigenvalue weighted by molar-refractivity contribution is 0.556. The van der Waals surface area contributed by atoms with Crippen LogP contribution < -0.4 is 4.90 Å². The Morgan fingerprint density at radius 3 is 3.00 bits per heavy atom. The number of aromatic nitrogens is 4. The summed E-state index contributed by atoms with van der Waals surface area (Å²) in [5, 5.41) is 9.24. The molecule has 0 aliphatic carbocycles. The highest BCUT2D eigenvalue weighted by molar-refractivity contribution is 6.18. The van der Waals surface area contributed by atoms with Crippen molar-refractivity contribution >= 4 is 28.3 Å². The Hall–Kier alpha value is -2.14. The maximum Gasteiger partial charge on any atom is 0.152 e. The second kappa shape index (κ2) is 5.00. The van der Waals surface area contributed by atoms with E-state index >= 15 is 0 Å². The van der Waals surface area contributed by atoms with E-state index in [-0.39, 0.29) is 0 Å². The van der Waals surface area contributed by atoms with E-state index in [1.807, 2.05) is 18.2 Å². The lowest BCUT2D eigenvalue weighted by Crippen LogP contribution is -2.34. The van der Waals surface area contributed by atoms with Gasteiger partial charge in [0.05, 0.1) is 12.1 Å². The predicted molar refractivity (Wildman–Crippen MR) is 82.4 cm³/mol. The number of hydrogen-bond acceptors (Lipinski definition) is 4. The molecule has 0 amide bonds. The van der Waals surface area contributed by atoms with Crippen LogP contribution in [0.25, 0.3) is 10.9 Å². The van der Waals surface area contributed by atoms with Crippen molar-refractivity contribution in [3.63, 3.8) is 0 Å². The van der Waals surface area contributed by atoms with Gasteiger partial charge in [-0.25, -0.2) is 4.98 Å². The van der Waals surface area contributed by atoms with E-state index in [1.165, 1.54) is 0 Å². The Labute approximate surface area is 127 Å². The van der Waals surface area contributed by atoms with Gasteiger partial charge >= 0.3 is 0 Å². The number of rotatable bonds is 2. The Morgan fingerprint density at radius 2 is 2.10 bits per heavy atom. The summed E-state index contributed by atoms with van der Waals surface area (Å²) in [5.74, 6) is 2.42. The zero-order valence-corrected chi connectivity index (χ0v) is 12.2. The van der Waals surface area contributed by atoms with Crippen LogP contribution in [0.3, 0.4) is 0 Å². The molecule has 0 N–H and O–H groups in total. The van der Waals surface area contributed by atoms with Crippen LogP contribution in [-0.4, -0.2) is 26.3 Å². The fraction of sp³-hybridized carbons (Fsp3) is 0.267. The van der Waals surface area contributed by atoms with Gasteiger partial charge in [-0.15, -0.1) is 21.8 Å². The quantitative estimate of drug-likeness (QED) is 0.682. The van der Waals surface area contributed by atoms with Gasteiger partial charge in [-0.3, -0.25) is 0 Å². The zero-order valence-electron chi connectivity index (χ0n) is 11.4. The van der Waals surface area contributed by atoms with E-state index in [1.54, 1.807) is 6.33 Å². The van der Waals surface area contributed by atoms with E-state index < -0.39 is 0 Å². The maximum atomic E-state index is 6.11. The smallest absolute Gasteiger partial charge is 0.152 e. The standard InChI is InChI=1S/C15H14ClN5/c16-8-11-7-14(18-13-4-2-1-3-12(11)13)20-5-6-21-10-17-19-15(21)9-20/h1-4,7,10H,5-6,8-9H2. The molecule has 3 heterocycles. The topological polar surface area (TPSA) is 46.8 Å². The average Bonchev–Trinajstić information content (AvgIpc) is 3.01. The van der Waals surface area contributed by atoms with E-state index in [0.29, 0.717) is 5.88 Å². The van der Waals surface area contributed by atoms with Crippen LogP contribution in [0.1, 0.15) is 11.4 Å². The Balaban J connectivity index is 1.77. The molecule has 0 spiro atoms. The first kappa shape index (κ1) is 12.6. The van der Waals surface area contributed by atoms with Gasteiger partial charge in [0.25, 0.3) is 0 Å². The summed E-state index contributed by atoms with van der Waals surface area (Å²) in [6.07, 6.45) is 1.78. The maximum absolute atomic E-state index is 6.11. The Morgan fingerprint density at radius 1 is 1.19 bits per heavy atom. The molecule has 21 heavy (non-hydrogen) atoms. The highest BCUT2D eigenvalue weighted by atomic mass is 35.5. The zero-order chi connectivity index (χ0) is 14.2. The molecule has 1 aliphatic heterocycles. The number of para-hydroxylation sites is 1. The van der Waals surface area contributed by atoms with Crippen LogP contribution in [0.2, 0.25) is 0 Å². The molecule has 5 nitrogen and oxygen atoms in total. The van der Waals surface area contributed by atoms with Gasteiger partial charge in [0, 0.05) is 24.4 Å². The minimum absolute atomic E-state index is 0.486. The Kier molecular flexibility index (Phi) is 3.00. The normalized spacial score (nSPS) is 14.4. The molecule has 0 atom stereocenters. The molecule has 1 aromatic carbocycles. The second-order valence-corrected chi connectivity index (χ2v) is 5.42. The molecule has 0 saturated heterocycles. The van der Waals surface area contributed by atoms with Crippen LogP contribution >= 0.6 is 11.6 Å². The minimum atomic E-state index is 0.486. The lowest BCUT2D eigenvalue weighted by atomic mass is 10.1. The summed E-state index contributed by atoms with van der Waals surface area (Å²) in [5.41, 5.74) is 2.10. The molecular formula is C15H14ClN5. The van der Waals surface area contributed by atoms with Crippen molar-refractivity contribution in [3.05, 3.63) is 48.0 Å². The number of pyridine rings is 1. The summed E-state index contributed by atoms with van der Waals surface area (Å²) in [6.45, 7) is 2.51. The molecule has 1 aliphatic rings.